The van der Waals surface area contributed by atoms with Crippen LogP contribution in [0.2, 0.25) is 0 Å². The molecule has 0 aliphatic heterocycles. The summed E-state index contributed by atoms with van der Waals surface area (Å²) in [6, 6.07) is 6.61. The molecule has 0 atom stereocenters. The van der Waals surface area contributed by atoms with Crippen LogP contribution in [-0.2, 0) is 6.42 Å². The first-order valence-corrected chi connectivity index (χ1v) is 5.02. The first kappa shape index (κ1) is 9.28. The Kier molecular flexibility index (Phi) is 2.55. The first-order chi connectivity index (χ1) is 6.81. The average molecular weight is 188 g/mol. The van der Waals surface area contributed by atoms with Crippen LogP contribution in [0.25, 0.3) is 10.9 Å². The maximum Gasteiger partial charge on any atom is 0.0456 e. The van der Waals surface area contributed by atoms with E-state index in [4.69, 9.17) is 0 Å². The molecule has 0 fully saturated rings. The van der Waals surface area contributed by atoms with Crippen molar-refractivity contribution < 1.29 is 0 Å². The number of aromatic amines is 1. The Balaban J connectivity index is 2.38. The maximum atomic E-state index is 3.24. The minimum Gasteiger partial charge on any atom is -0.361 e. The molecule has 2 N–H and O–H groups in total. The fourth-order valence-electron chi connectivity index (χ4n) is 1.79. The largest absolute Gasteiger partial charge is 0.361 e. The Bertz CT molecular complexity index is 429. The van der Waals surface area contributed by atoms with Gasteiger partial charge in [0.15, 0.2) is 0 Å². The van der Waals surface area contributed by atoms with E-state index in [1.54, 1.807) is 0 Å². The fraction of sp³-hybridized carbons (Fsp3) is 0.333. The van der Waals surface area contributed by atoms with Crippen molar-refractivity contribution in [3.05, 3.63) is 35.5 Å². The van der Waals surface area contributed by atoms with Gasteiger partial charge in [0.1, 0.15) is 0 Å². The minimum absolute atomic E-state index is 1.03. The molecule has 2 nitrogen and oxygen atoms in total. The number of fused-ring (bicyclic) bond motifs is 1. The summed E-state index contributed by atoms with van der Waals surface area (Å²) in [5.74, 6) is 0. The second kappa shape index (κ2) is 3.84. The summed E-state index contributed by atoms with van der Waals surface area (Å²) in [5, 5.41) is 4.48. The van der Waals surface area contributed by atoms with E-state index in [0.29, 0.717) is 0 Å². The molecule has 2 aromatic rings. The topological polar surface area (TPSA) is 27.8 Å². The molecule has 1 aromatic carbocycles. The number of aryl methyl sites for hydroxylation is 1. The number of nitrogens with one attached hydrogen (secondary N) is 2. The summed E-state index contributed by atoms with van der Waals surface area (Å²) >= 11 is 0. The molecule has 0 unspecified atom stereocenters. The molecule has 2 heteroatoms. The second-order valence-electron chi connectivity index (χ2n) is 3.70. The highest BCUT2D eigenvalue weighted by atomic mass is 14.8. The lowest BCUT2D eigenvalue weighted by Crippen LogP contribution is -2.10. The fourth-order valence-corrected chi connectivity index (χ4v) is 1.79. The molecule has 2 rings (SSSR count). The number of benzene rings is 1. The molecule has 0 radical (unpaired) electrons. The zero-order valence-corrected chi connectivity index (χ0v) is 8.72. The van der Waals surface area contributed by atoms with Gasteiger partial charge >= 0.3 is 0 Å². The molecule has 0 aliphatic rings. The van der Waals surface area contributed by atoms with Gasteiger partial charge in [0.2, 0.25) is 0 Å². The van der Waals surface area contributed by atoms with E-state index in [9.17, 15) is 0 Å². The number of likely N-dealkylation sites (N-methyl/N-ethyl adjacent to an activating group) is 1. The first-order valence-electron chi connectivity index (χ1n) is 5.02. The Morgan fingerprint density at radius 1 is 1.36 bits per heavy atom. The van der Waals surface area contributed by atoms with Gasteiger partial charge in [-0.1, -0.05) is 0 Å². The Hall–Kier alpha value is -1.28. The number of hydrogen-bond donors (Lipinski definition) is 2. The Morgan fingerprint density at radius 3 is 3.00 bits per heavy atom. The summed E-state index contributed by atoms with van der Waals surface area (Å²) < 4.78 is 0. The Morgan fingerprint density at radius 2 is 2.21 bits per heavy atom. The van der Waals surface area contributed by atoms with Gasteiger partial charge in [-0.2, -0.15) is 0 Å². The second-order valence-corrected chi connectivity index (χ2v) is 3.70. The van der Waals surface area contributed by atoms with Crippen LogP contribution in [0.15, 0.2) is 24.4 Å². The van der Waals surface area contributed by atoms with Gasteiger partial charge in [0.05, 0.1) is 0 Å². The third-order valence-electron chi connectivity index (χ3n) is 2.65. The zero-order chi connectivity index (χ0) is 9.97. The molecule has 0 saturated heterocycles. The predicted molar refractivity (Wildman–Crippen MR) is 60.7 cm³/mol. The quantitative estimate of drug-likeness (QED) is 0.759. The van der Waals surface area contributed by atoms with Crippen molar-refractivity contribution in [2.45, 2.75) is 13.3 Å². The average Bonchev–Trinajstić information content (AvgIpc) is 2.61. The van der Waals surface area contributed by atoms with Crippen molar-refractivity contribution in [2.75, 3.05) is 13.6 Å². The molecule has 74 valence electrons. The molecule has 0 amide bonds. The summed E-state index contributed by atoms with van der Waals surface area (Å²) in [4.78, 5) is 3.24. The van der Waals surface area contributed by atoms with Crippen LogP contribution >= 0.6 is 0 Å². The van der Waals surface area contributed by atoms with Crippen molar-refractivity contribution in [3.63, 3.8) is 0 Å². The highest BCUT2D eigenvalue weighted by Gasteiger charge is 2.01. The summed E-state index contributed by atoms with van der Waals surface area (Å²) in [5.41, 5.74) is 4.04. The van der Waals surface area contributed by atoms with Crippen molar-refractivity contribution in [1.29, 1.82) is 0 Å². The molecule has 0 bridgehead atoms. The molecule has 0 saturated carbocycles. The van der Waals surface area contributed by atoms with E-state index in [2.05, 4.69) is 35.4 Å². The van der Waals surface area contributed by atoms with Crippen molar-refractivity contribution in [2.24, 2.45) is 0 Å². The van der Waals surface area contributed by atoms with Crippen molar-refractivity contribution >= 4 is 10.9 Å². The highest BCUT2D eigenvalue weighted by Crippen LogP contribution is 2.18. The van der Waals surface area contributed by atoms with Crippen LogP contribution in [0, 0.1) is 6.92 Å². The van der Waals surface area contributed by atoms with Gasteiger partial charge in [-0.15, -0.1) is 0 Å². The highest BCUT2D eigenvalue weighted by molar-refractivity contribution is 5.81. The third kappa shape index (κ3) is 1.66. The number of H-pyrrole nitrogens is 1. The zero-order valence-electron chi connectivity index (χ0n) is 8.72. The smallest absolute Gasteiger partial charge is 0.0456 e. The SMILES string of the molecule is CNCCc1cc2[nH]ccc2cc1C. The van der Waals surface area contributed by atoms with Crippen molar-refractivity contribution in [1.82, 2.24) is 10.3 Å². The monoisotopic (exact) mass is 188 g/mol. The summed E-state index contributed by atoms with van der Waals surface area (Å²) in [6.45, 7) is 3.21. The van der Waals surface area contributed by atoms with Gasteiger partial charge in [-0.25, -0.2) is 0 Å². The van der Waals surface area contributed by atoms with Crippen LogP contribution in [-0.4, -0.2) is 18.6 Å². The van der Waals surface area contributed by atoms with E-state index >= 15 is 0 Å². The normalized spacial score (nSPS) is 11.0. The molecule has 1 aromatic heterocycles. The molecule has 14 heavy (non-hydrogen) atoms. The number of hydrogen-bond acceptors (Lipinski definition) is 1. The molecular formula is C12H16N2. The van der Waals surface area contributed by atoms with Crippen molar-refractivity contribution in [3.8, 4) is 0 Å². The molecular weight excluding hydrogens is 172 g/mol. The Labute approximate surface area is 84.3 Å². The van der Waals surface area contributed by atoms with Crippen LogP contribution in [0.5, 0.6) is 0 Å². The third-order valence-corrected chi connectivity index (χ3v) is 2.65. The lowest BCUT2D eigenvalue weighted by molar-refractivity contribution is 0.789. The van der Waals surface area contributed by atoms with Gasteiger partial charge in [0, 0.05) is 11.7 Å². The molecule has 0 spiro atoms. The van der Waals surface area contributed by atoms with E-state index in [-0.39, 0.29) is 0 Å². The maximum absolute atomic E-state index is 3.24. The minimum atomic E-state index is 1.03. The molecule has 1 heterocycles. The van der Waals surface area contributed by atoms with E-state index < -0.39 is 0 Å². The number of aromatic nitrogens is 1. The van der Waals surface area contributed by atoms with Crippen LogP contribution < -0.4 is 5.32 Å². The van der Waals surface area contributed by atoms with Crippen LogP contribution in [0.4, 0.5) is 0 Å². The summed E-state index contributed by atoms with van der Waals surface area (Å²) in [7, 11) is 1.99. The standard InChI is InChI=1S/C12H16N2/c1-9-7-11-4-6-14-12(11)8-10(9)3-5-13-2/h4,6-8,13-14H,3,5H2,1-2H3. The van der Waals surface area contributed by atoms with Gasteiger partial charge < -0.3 is 10.3 Å². The van der Waals surface area contributed by atoms with Gasteiger partial charge in [0.25, 0.3) is 0 Å². The lowest BCUT2D eigenvalue weighted by Gasteiger charge is -2.05. The number of rotatable bonds is 3. The predicted octanol–water partition coefficient (Wildman–Crippen LogP) is 2.24. The van der Waals surface area contributed by atoms with Gasteiger partial charge in [-0.3, -0.25) is 0 Å². The van der Waals surface area contributed by atoms with Crippen LogP contribution in [0.1, 0.15) is 11.1 Å². The van der Waals surface area contributed by atoms with Gasteiger partial charge in [-0.05, 0) is 61.6 Å². The van der Waals surface area contributed by atoms with Crippen LogP contribution in [0.3, 0.4) is 0 Å². The lowest BCUT2D eigenvalue weighted by atomic mass is 10.0. The van der Waals surface area contributed by atoms with E-state index in [0.717, 1.165) is 13.0 Å². The summed E-state index contributed by atoms with van der Waals surface area (Å²) in [6.07, 6.45) is 3.09. The van der Waals surface area contributed by atoms with E-state index in [1.165, 1.54) is 22.0 Å². The van der Waals surface area contributed by atoms with E-state index in [1.807, 2.05) is 13.2 Å². The molecule has 0 aliphatic carbocycles.